The zero-order chi connectivity index (χ0) is 22.1. The van der Waals surface area contributed by atoms with Gasteiger partial charge >= 0.3 is 0 Å². The van der Waals surface area contributed by atoms with Crippen molar-refractivity contribution < 1.29 is 9.53 Å². The summed E-state index contributed by atoms with van der Waals surface area (Å²) in [6, 6.07) is 13.4. The van der Waals surface area contributed by atoms with Crippen molar-refractivity contribution in [2.24, 2.45) is 0 Å². The average molecular weight is 458 g/mol. The fourth-order valence-electron chi connectivity index (χ4n) is 3.93. The predicted molar refractivity (Wildman–Crippen MR) is 127 cm³/mol. The Morgan fingerprint density at radius 3 is 2.48 bits per heavy atom. The molecule has 31 heavy (non-hydrogen) atoms. The molecule has 0 bridgehead atoms. The lowest BCUT2D eigenvalue weighted by atomic mass is 10.1. The third-order valence-corrected chi connectivity index (χ3v) is 6.23. The molecule has 2 aromatic carbocycles. The van der Waals surface area contributed by atoms with Crippen LogP contribution >= 0.6 is 23.2 Å². The van der Waals surface area contributed by atoms with E-state index in [1.54, 1.807) is 25.1 Å². The molecular weight excluding hydrogens is 433 g/mol. The van der Waals surface area contributed by atoms with E-state index in [0.717, 1.165) is 24.4 Å². The summed E-state index contributed by atoms with van der Waals surface area (Å²) in [5, 5.41) is 2.11. The van der Waals surface area contributed by atoms with E-state index in [1.807, 2.05) is 4.90 Å². The molecule has 1 aliphatic heterocycles. The first kappa shape index (κ1) is 21.7. The molecule has 162 valence electrons. The van der Waals surface area contributed by atoms with Gasteiger partial charge in [-0.1, -0.05) is 41.4 Å². The molecule has 5 nitrogen and oxygen atoms in total. The van der Waals surface area contributed by atoms with Gasteiger partial charge in [0.05, 0.1) is 10.5 Å². The van der Waals surface area contributed by atoms with Gasteiger partial charge < -0.3 is 14.5 Å². The Balaban J connectivity index is 1.42. The summed E-state index contributed by atoms with van der Waals surface area (Å²) >= 11 is 12.1. The fraction of sp³-hybridized carbons (Fsp3) is 0.333. The van der Waals surface area contributed by atoms with Crippen LogP contribution in [0, 0.1) is 13.8 Å². The van der Waals surface area contributed by atoms with Gasteiger partial charge in [-0.3, -0.25) is 4.79 Å². The van der Waals surface area contributed by atoms with Crippen LogP contribution in [0.25, 0.3) is 10.9 Å². The minimum atomic E-state index is -0.631. The summed E-state index contributed by atoms with van der Waals surface area (Å²) in [5.41, 5.74) is 3.42. The number of rotatable bonds is 4. The van der Waals surface area contributed by atoms with Crippen molar-refractivity contribution in [2.45, 2.75) is 26.9 Å². The molecule has 0 aliphatic carbocycles. The molecule has 2 heterocycles. The lowest BCUT2D eigenvalue weighted by Gasteiger charge is -2.36. The van der Waals surface area contributed by atoms with Crippen LogP contribution < -0.4 is 9.64 Å². The molecule has 1 aliphatic rings. The maximum Gasteiger partial charge on any atom is 0.263 e. The van der Waals surface area contributed by atoms with Crippen LogP contribution in [-0.2, 0) is 4.79 Å². The van der Waals surface area contributed by atoms with E-state index in [4.69, 9.17) is 32.9 Å². The van der Waals surface area contributed by atoms with Crippen molar-refractivity contribution in [2.75, 3.05) is 31.1 Å². The summed E-state index contributed by atoms with van der Waals surface area (Å²) in [4.78, 5) is 21.9. The first-order valence-electron chi connectivity index (χ1n) is 10.4. The van der Waals surface area contributed by atoms with Crippen LogP contribution in [0.5, 0.6) is 5.75 Å². The van der Waals surface area contributed by atoms with Gasteiger partial charge in [-0.25, -0.2) is 4.98 Å². The number of benzene rings is 2. The van der Waals surface area contributed by atoms with E-state index in [-0.39, 0.29) is 5.91 Å². The van der Waals surface area contributed by atoms with Gasteiger partial charge in [0.2, 0.25) is 0 Å². The number of hydrogen-bond donors (Lipinski definition) is 0. The van der Waals surface area contributed by atoms with Gasteiger partial charge in [0, 0.05) is 36.6 Å². The number of para-hydroxylation sites is 1. The van der Waals surface area contributed by atoms with Crippen LogP contribution in [0.15, 0.2) is 42.5 Å². The molecule has 0 spiro atoms. The summed E-state index contributed by atoms with van der Waals surface area (Å²) < 4.78 is 5.80. The first-order valence-corrected chi connectivity index (χ1v) is 11.1. The van der Waals surface area contributed by atoms with Crippen LogP contribution in [-0.4, -0.2) is 48.1 Å². The average Bonchev–Trinajstić information content (AvgIpc) is 2.76. The third-order valence-electron chi connectivity index (χ3n) is 5.70. The maximum absolute atomic E-state index is 12.9. The molecule has 7 heteroatoms. The van der Waals surface area contributed by atoms with E-state index in [9.17, 15) is 4.79 Å². The van der Waals surface area contributed by atoms with Gasteiger partial charge in [0.25, 0.3) is 5.91 Å². The topological polar surface area (TPSA) is 45.7 Å². The Kier molecular flexibility index (Phi) is 6.26. The number of nitrogens with zero attached hydrogens (tertiary/aromatic N) is 3. The zero-order valence-corrected chi connectivity index (χ0v) is 19.4. The van der Waals surface area contributed by atoms with Crippen molar-refractivity contribution in [3.05, 3.63) is 63.6 Å². The van der Waals surface area contributed by atoms with Crippen molar-refractivity contribution in [3.8, 4) is 5.75 Å². The Morgan fingerprint density at radius 2 is 1.77 bits per heavy atom. The molecule has 3 aromatic rings. The molecule has 1 atom stereocenters. The second kappa shape index (κ2) is 8.93. The van der Waals surface area contributed by atoms with Gasteiger partial charge in [-0.2, -0.15) is 0 Å². The van der Waals surface area contributed by atoms with Crippen molar-refractivity contribution in [3.63, 3.8) is 0 Å². The molecule has 1 fully saturated rings. The van der Waals surface area contributed by atoms with E-state index in [2.05, 4.69) is 43.0 Å². The first-order chi connectivity index (χ1) is 14.8. The summed E-state index contributed by atoms with van der Waals surface area (Å²) in [5.74, 6) is 1.37. The molecule has 0 N–H and O–H groups in total. The number of carbonyl (C=O) groups excluding carboxylic acids is 1. The quantitative estimate of drug-likeness (QED) is 0.534. The number of amides is 1. The lowest BCUT2D eigenvalue weighted by molar-refractivity contribution is -0.138. The van der Waals surface area contributed by atoms with E-state index >= 15 is 0 Å². The van der Waals surface area contributed by atoms with Crippen molar-refractivity contribution >= 4 is 45.8 Å². The van der Waals surface area contributed by atoms with Crippen LogP contribution in [0.4, 0.5) is 5.82 Å². The fourth-order valence-corrected chi connectivity index (χ4v) is 4.38. The molecular formula is C24H25Cl2N3O2. The lowest BCUT2D eigenvalue weighted by Crippen LogP contribution is -2.52. The number of halogens is 2. The minimum Gasteiger partial charge on any atom is -0.479 e. The largest absolute Gasteiger partial charge is 0.479 e. The Hall–Kier alpha value is -2.50. The van der Waals surface area contributed by atoms with Crippen LogP contribution in [0.3, 0.4) is 0 Å². The highest BCUT2D eigenvalue weighted by Crippen LogP contribution is 2.29. The zero-order valence-electron chi connectivity index (χ0n) is 17.9. The number of aromatic nitrogens is 1. The number of aryl methyl sites for hydroxylation is 2. The second-order valence-corrected chi connectivity index (χ2v) is 8.76. The standard InChI is InChI=1S/C24H25Cl2N3O2/c1-15-5-4-6-19-16(2)13-22(27-23(15)19)28-9-11-29(12-10-28)24(30)17(3)31-21-8-7-18(25)14-20(21)26/h4-8,13-14,17H,9-12H2,1-3H3. The molecule has 1 amide bonds. The molecule has 1 unspecified atom stereocenters. The maximum atomic E-state index is 12.9. The highest BCUT2D eigenvalue weighted by molar-refractivity contribution is 6.35. The van der Waals surface area contributed by atoms with Crippen molar-refractivity contribution in [1.82, 2.24) is 9.88 Å². The third kappa shape index (κ3) is 4.58. The molecule has 0 saturated carbocycles. The number of carbonyl (C=O) groups is 1. The SMILES string of the molecule is Cc1cc(N2CCN(C(=O)C(C)Oc3ccc(Cl)cc3Cl)CC2)nc2c(C)cccc12. The van der Waals surface area contributed by atoms with Gasteiger partial charge in [0.15, 0.2) is 6.10 Å². The molecule has 1 aromatic heterocycles. The highest BCUT2D eigenvalue weighted by Gasteiger charge is 2.27. The molecule has 1 saturated heterocycles. The number of anilines is 1. The van der Waals surface area contributed by atoms with Gasteiger partial charge in [0.1, 0.15) is 11.6 Å². The van der Waals surface area contributed by atoms with E-state index in [0.29, 0.717) is 28.9 Å². The van der Waals surface area contributed by atoms with E-state index < -0.39 is 6.10 Å². The normalized spacial score (nSPS) is 15.3. The summed E-state index contributed by atoms with van der Waals surface area (Å²) in [7, 11) is 0. The molecule has 4 rings (SSSR count). The number of piperazine rings is 1. The van der Waals surface area contributed by atoms with Crippen LogP contribution in [0.1, 0.15) is 18.1 Å². The predicted octanol–water partition coefficient (Wildman–Crippen LogP) is 5.27. The minimum absolute atomic E-state index is 0.0517. The van der Waals surface area contributed by atoms with Crippen molar-refractivity contribution in [1.29, 1.82) is 0 Å². The Labute approximate surface area is 192 Å². The van der Waals surface area contributed by atoms with Gasteiger partial charge in [-0.15, -0.1) is 0 Å². The number of hydrogen-bond acceptors (Lipinski definition) is 4. The second-order valence-electron chi connectivity index (χ2n) is 7.92. The van der Waals surface area contributed by atoms with Crippen LogP contribution in [0.2, 0.25) is 10.0 Å². The summed E-state index contributed by atoms with van der Waals surface area (Å²) in [6.07, 6.45) is -0.631. The number of pyridine rings is 1. The number of ether oxygens (including phenoxy) is 1. The summed E-state index contributed by atoms with van der Waals surface area (Å²) in [6.45, 7) is 8.64. The smallest absolute Gasteiger partial charge is 0.263 e. The number of fused-ring (bicyclic) bond motifs is 1. The Bertz CT molecular complexity index is 1130. The monoisotopic (exact) mass is 457 g/mol. The molecule has 0 radical (unpaired) electrons. The highest BCUT2D eigenvalue weighted by atomic mass is 35.5. The van der Waals surface area contributed by atoms with Gasteiger partial charge in [-0.05, 0) is 56.2 Å². The van der Waals surface area contributed by atoms with E-state index in [1.165, 1.54) is 16.5 Å². The Morgan fingerprint density at radius 1 is 1.03 bits per heavy atom.